The second-order valence-electron chi connectivity index (χ2n) is 2.99. The standard InChI is InChI=1S/C9H11F3N2O/c1-15-5-6-2-7(9(10,11)12)4-8(3-6)14-13/h2-4,14H,5,13H2,1H3. The molecule has 0 spiro atoms. The molecular formula is C9H11F3N2O. The Balaban J connectivity index is 3.11. The zero-order chi connectivity index (χ0) is 11.5. The van der Waals surface area contributed by atoms with Gasteiger partial charge in [0.1, 0.15) is 0 Å². The molecule has 1 aromatic carbocycles. The lowest BCUT2D eigenvalue weighted by molar-refractivity contribution is -0.137. The molecule has 0 atom stereocenters. The van der Waals surface area contributed by atoms with Crippen LogP contribution in [0.15, 0.2) is 18.2 Å². The van der Waals surface area contributed by atoms with Crippen molar-refractivity contribution in [2.75, 3.05) is 12.5 Å². The minimum Gasteiger partial charge on any atom is -0.380 e. The molecular weight excluding hydrogens is 209 g/mol. The fraction of sp³-hybridized carbons (Fsp3) is 0.333. The van der Waals surface area contributed by atoms with E-state index in [-0.39, 0.29) is 12.3 Å². The summed E-state index contributed by atoms with van der Waals surface area (Å²) in [6.45, 7) is 0.110. The number of ether oxygens (including phenoxy) is 1. The van der Waals surface area contributed by atoms with Crippen LogP contribution < -0.4 is 11.3 Å². The van der Waals surface area contributed by atoms with Crippen LogP contribution in [-0.4, -0.2) is 7.11 Å². The third kappa shape index (κ3) is 3.10. The van der Waals surface area contributed by atoms with Crippen molar-refractivity contribution in [1.29, 1.82) is 0 Å². The molecule has 84 valence electrons. The van der Waals surface area contributed by atoms with Gasteiger partial charge in [-0.2, -0.15) is 13.2 Å². The summed E-state index contributed by atoms with van der Waals surface area (Å²) in [6, 6.07) is 3.47. The number of methoxy groups -OCH3 is 1. The third-order valence-corrected chi connectivity index (χ3v) is 1.80. The second kappa shape index (κ2) is 4.50. The van der Waals surface area contributed by atoms with Crippen molar-refractivity contribution >= 4 is 5.69 Å². The summed E-state index contributed by atoms with van der Waals surface area (Å²) in [7, 11) is 1.41. The summed E-state index contributed by atoms with van der Waals surface area (Å²) in [5.41, 5.74) is 2.06. The van der Waals surface area contributed by atoms with Gasteiger partial charge in [-0.25, -0.2) is 0 Å². The van der Waals surface area contributed by atoms with Crippen molar-refractivity contribution in [2.45, 2.75) is 12.8 Å². The molecule has 0 aliphatic carbocycles. The first-order valence-corrected chi connectivity index (χ1v) is 4.14. The molecule has 0 aliphatic heterocycles. The van der Waals surface area contributed by atoms with Crippen molar-refractivity contribution in [3.63, 3.8) is 0 Å². The van der Waals surface area contributed by atoms with E-state index in [2.05, 4.69) is 5.43 Å². The Morgan fingerprint density at radius 2 is 2.00 bits per heavy atom. The molecule has 3 N–H and O–H groups in total. The number of benzene rings is 1. The first-order chi connectivity index (χ1) is 6.97. The summed E-state index contributed by atoms with van der Waals surface area (Å²) in [5.74, 6) is 5.07. The SMILES string of the molecule is COCc1cc(NN)cc(C(F)(F)F)c1. The average Bonchev–Trinajstić information content (AvgIpc) is 2.16. The molecule has 0 amide bonds. The molecule has 6 heteroatoms. The van der Waals surface area contributed by atoms with E-state index in [0.29, 0.717) is 5.56 Å². The van der Waals surface area contributed by atoms with Gasteiger partial charge in [0.2, 0.25) is 0 Å². The van der Waals surface area contributed by atoms with Gasteiger partial charge in [-0.3, -0.25) is 5.84 Å². The molecule has 0 heterocycles. The largest absolute Gasteiger partial charge is 0.416 e. The minimum atomic E-state index is -4.38. The second-order valence-corrected chi connectivity index (χ2v) is 2.99. The summed E-state index contributed by atoms with van der Waals surface area (Å²) in [4.78, 5) is 0. The van der Waals surface area contributed by atoms with Crippen LogP contribution in [0.4, 0.5) is 18.9 Å². The predicted molar refractivity (Wildman–Crippen MR) is 50.0 cm³/mol. The highest BCUT2D eigenvalue weighted by Crippen LogP contribution is 2.31. The fourth-order valence-corrected chi connectivity index (χ4v) is 1.19. The van der Waals surface area contributed by atoms with Crippen LogP contribution in [0.1, 0.15) is 11.1 Å². The summed E-state index contributed by atoms with van der Waals surface area (Å²) in [5, 5.41) is 0. The lowest BCUT2D eigenvalue weighted by Gasteiger charge is -2.11. The highest BCUT2D eigenvalue weighted by molar-refractivity contribution is 5.48. The van der Waals surface area contributed by atoms with Crippen molar-refractivity contribution in [3.8, 4) is 0 Å². The van der Waals surface area contributed by atoms with Crippen molar-refractivity contribution in [2.24, 2.45) is 5.84 Å². The minimum absolute atomic E-state index is 0.110. The molecule has 0 radical (unpaired) electrons. The van der Waals surface area contributed by atoms with Gasteiger partial charge in [-0.1, -0.05) is 0 Å². The number of nitrogens with one attached hydrogen (secondary N) is 1. The lowest BCUT2D eigenvalue weighted by Crippen LogP contribution is -2.11. The van der Waals surface area contributed by atoms with Crippen LogP contribution in [-0.2, 0) is 17.5 Å². The zero-order valence-corrected chi connectivity index (χ0v) is 8.06. The Bertz CT molecular complexity index is 339. The van der Waals surface area contributed by atoms with E-state index < -0.39 is 11.7 Å². The number of nitrogens with two attached hydrogens (primary N) is 1. The van der Waals surface area contributed by atoms with E-state index in [1.807, 2.05) is 0 Å². The van der Waals surface area contributed by atoms with Crippen LogP contribution in [0, 0.1) is 0 Å². The summed E-state index contributed by atoms with van der Waals surface area (Å²) >= 11 is 0. The molecule has 0 bridgehead atoms. The van der Waals surface area contributed by atoms with Gasteiger partial charge in [0.25, 0.3) is 0 Å². The highest BCUT2D eigenvalue weighted by atomic mass is 19.4. The number of nitrogen functional groups attached to an aromatic ring is 1. The number of halogens is 3. The van der Waals surface area contributed by atoms with Crippen LogP contribution in [0.5, 0.6) is 0 Å². The quantitative estimate of drug-likeness (QED) is 0.606. The first kappa shape index (κ1) is 11.8. The van der Waals surface area contributed by atoms with Crippen LogP contribution in [0.3, 0.4) is 0 Å². The monoisotopic (exact) mass is 220 g/mol. The van der Waals surface area contributed by atoms with Crippen LogP contribution in [0.25, 0.3) is 0 Å². The lowest BCUT2D eigenvalue weighted by atomic mass is 10.1. The van der Waals surface area contributed by atoms with E-state index in [9.17, 15) is 13.2 Å². The number of anilines is 1. The molecule has 0 unspecified atom stereocenters. The zero-order valence-electron chi connectivity index (χ0n) is 8.06. The molecule has 1 aromatic rings. The van der Waals surface area contributed by atoms with Gasteiger partial charge in [-0.05, 0) is 23.8 Å². The van der Waals surface area contributed by atoms with Crippen LogP contribution >= 0.6 is 0 Å². The van der Waals surface area contributed by atoms with E-state index in [0.717, 1.165) is 12.1 Å². The fourth-order valence-electron chi connectivity index (χ4n) is 1.19. The van der Waals surface area contributed by atoms with Gasteiger partial charge in [0, 0.05) is 12.8 Å². The molecule has 0 aliphatic rings. The smallest absolute Gasteiger partial charge is 0.380 e. The Morgan fingerprint density at radius 1 is 1.33 bits per heavy atom. The van der Waals surface area contributed by atoms with Gasteiger partial charge < -0.3 is 10.2 Å². The van der Waals surface area contributed by atoms with Gasteiger partial charge in [-0.15, -0.1) is 0 Å². The van der Waals surface area contributed by atoms with Gasteiger partial charge in [0.05, 0.1) is 12.2 Å². The number of rotatable bonds is 3. The van der Waals surface area contributed by atoms with Crippen molar-refractivity contribution in [3.05, 3.63) is 29.3 Å². The number of alkyl halides is 3. The Labute approximate surface area is 85.0 Å². The molecule has 1 rings (SSSR count). The topological polar surface area (TPSA) is 47.3 Å². The summed E-state index contributed by atoms with van der Waals surface area (Å²) < 4.78 is 42.0. The van der Waals surface area contributed by atoms with Crippen molar-refractivity contribution < 1.29 is 17.9 Å². The van der Waals surface area contributed by atoms with Gasteiger partial charge in [0.15, 0.2) is 0 Å². The Hall–Kier alpha value is -1.27. The van der Waals surface area contributed by atoms with Crippen LogP contribution in [0.2, 0.25) is 0 Å². The number of hydrogen-bond donors (Lipinski definition) is 2. The number of hydrogen-bond acceptors (Lipinski definition) is 3. The highest BCUT2D eigenvalue weighted by Gasteiger charge is 2.31. The molecule has 0 aromatic heterocycles. The third-order valence-electron chi connectivity index (χ3n) is 1.80. The van der Waals surface area contributed by atoms with E-state index >= 15 is 0 Å². The maximum absolute atomic E-state index is 12.4. The Kier molecular flexibility index (Phi) is 3.54. The molecule has 0 saturated heterocycles. The molecule has 3 nitrogen and oxygen atoms in total. The Morgan fingerprint density at radius 3 is 2.47 bits per heavy atom. The van der Waals surface area contributed by atoms with Gasteiger partial charge >= 0.3 is 6.18 Å². The van der Waals surface area contributed by atoms with E-state index in [1.54, 1.807) is 0 Å². The average molecular weight is 220 g/mol. The maximum atomic E-state index is 12.4. The van der Waals surface area contributed by atoms with E-state index in [1.165, 1.54) is 13.2 Å². The normalized spacial score (nSPS) is 11.5. The first-order valence-electron chi connectivity index (χ1n) is 4.14. The predicted octanol–water partition coefficient (Wildman–Crippen LogP) is 2.14. The molecule has 15 heavy (non-hydrogen) atoms. The van der Waals surface area contributed by atoms with E-state index in [4.69, 9.17) is 10.6 Å². The maximum Gasteiger partial charge on any atom is 0.416 e. The molecule has 0 fully saturated rings. The summed E-state index contributed by atoms with van der Waals surface area (Å²) in [6.07, 6.45) is -4.38. The van der Waals surface area contributed by atoms with Crippen molar-refractivity contribution in [1.82, 2.24) is 0 Å². The molecule has 0 saturated carbocycles. The number of hydrazine groups is 1.